The van der Waals surface area contributed by atoms with Crippen LogP contribution in [0.1, 0.15) is 23.6 Å². The summed E-state index contributed by atoms with van der Waals surface area (Å²) < 4.78 is 5.09. The first-order valence-corrected chi connectivity index (χ1v) is 7.78. The molecule has 5 nitrogen and oxygen atoms in total. The highest BCUT2D eigenvalue weighted by molar-refractivity contribution is 5.99. The minimum Gasteiger partial charge on any atom is -0.497 e. The van der Waals surface area contributed by atoms with Gasteiger partial charge in [0.1, 0.15) is 5.75 Å². The summed E-state index contributed by atoms with van der Waals surface area (Å²) in [5.74, 6) is 0.576. The molecule has 5 heteroatoms. The Morgan fingerprint density at radius 1 is 1.08 bits per heavy atom. The average molecular weight is 325 g/mol. The van der Waals surface area contributed by atoms with Gasteiger partial charge in [-0.3, -0.25) is 4.79 Å². The lowest BCUT2D eigenvalue weighted by molar-refractivity contribution is -0.119. The molecule has 0 radical (unpaired) electrons. The Kier molecular flexibility index (Phi) is 5.95. The zero-order valence-electron chi connectivity index (χ0n) is 14.5. The van der Waals surface area contributed by atoms with Crippen molar-refractivity contribution in [1.29, 1.82) is 0 Å². The predicted molar refractivity (Wildman–Crippen MR) is 97.8 cm³/mol. The van der Waals surface area contributed by atoms with Crippen molar-refractivity contribution in [2.75, 3.05) is 19.0 Å². The molecule has 0 heterocycles. The van der Waals surface area contributed by atoms with Crippen LogP contribution in [0.3, 0.4) is 0 Å². The second kappa shape index (κ2) is 8.15. The first-order chi connectivity index (χ1) is 11.5. The molecule has 0 bridgehead atoms. The van der Waals surface area contributed by atoms with Crippen molar-refractivity contribution >= 4 is 17.3 Å². The smallest absolute Gasteiger partial charge is 0.259 e. The summed E-state index contributed by atoms with van der Waals surface area (Å²) in [7, 11) is 1.62. The van der Waals surface area contributed by atoms with Crippen molar-refractivity contribution in [1.82, 2.24) is 5.43 Å². The molecule has 2 aromatic rings. The van der Waals surface area contributed by atoms with Crippen LogP contribution in [0.5, 0.6) is 5.75 Å². The van der Waals surface area contributed by atoms with Gasteiger partial charge in [0.05, 0.1) is 19.4 Å². The molecule has 2 aromatic carbocycles. The number of benzene rings is 2. The quantitative estimate of drug-likeness (QED) is 0.633. The van der Waals surface area contributed by atoms with E-state index in [9.17, 15) is 4.79 Å². The molecule has 0 spiro atoms. The van der Waals surface area contributed by atoms with Crippen molar-refractivity contribution in [3.63, 3.8) is 0 Å². The van der Waals surface area contributed by atoms with Gasteiger partial charge < -0.3 is 10.1 Å². The van der Waals surface area contributed by atoms with Crippen molar-refractivity contribution in [2.45, 2.75) is 20.8 Å². The number of methoxy groups -OCH3 is 1. The SMILES string of the molecule is COc1ccc(NCC(=O)N/N=C(/C)c2ccc(C)c(C)c2)cc1. The molecular formula is C19H23N3O2. The molecule has 2 N–H and O–H groups in total. The van der Waals surface area contributed by atoms with Crippen LogP contribution < -0.4 is 15.5 Å². The number of aryl methyl sites for hydroxylation is 2. The second-order valence-corrected chi connectivity index (χ2v) is 5.61. The fourth-order valence-electron chi connectivity index (χ4n) is 2.11. The Bertz CT molecular complexity index is 737. The standard InChI is InChI=1S/C19H23N3O2/c1-13-5-6-16(11-14(13)2)15(3)21-22-19(23)12-20-17-7-9-18(24-4)10-8-17/h5-11,20H,12H2,1-4H3,(H,22,23)/b21-15-. The number of ether oxygens (including phenoxy) is 1. The third-order valence-corrected chi connectivity index (χ3v) is 3.82. The van der Waals surface area contributed by atoms with Crippen LogP contribution in [-0.4, -0.2) is 25.3 Å². The zero-order valence-corrected chi connectivity index (χ0v) is 14.5. The molecule has 0 aliphatic heterocycles. The summed E-state index contributed by atoms with van der Waals surface area (Å²) in [6, 6.07) is 13.5. The molecule has 0 saturated carbocycles. The number of rotatable bonds is 6. The summed E-state index contributed by atoms with van der Waals surface area (Å²) in [6.45, 7) is 6.15. The number of nitrogens with zero attached hydrogens (tertiary/aromatic N) is 1. The van der Waals surface area contributed by atoms with Crippen molar-refractivity contribution < 1.29 is 9.53 Å². The monoisotopic (exact) mass is 325 g/mol. The highest BCUT2D eigenvalue weighted by Gasteiger charge is 2.03. The largest absolute Gasteiger partial charge is 0.497 e. The average Bonchev–Trinajstić information content (AvgIpc) is 2.60. The molecule has 0 aromatic heterocycles. The minimum atomic E-state index is -0.200. The fourth-order valence-corrected chi connectivity index (χ4v) is 2.11. The third-order valence-electron chi connectivity index (χ3n) is 3.82. The van der Waals surface area contributed by atoms with Gasteiger partial charge in [-0.1, -0.05) is 12.1 Å². The van der Waals surface area contributed by atoms with Crippen LogP contribution in [0.2, 0.25) is 0 Å². The summed E-state index contributed by atoms with van der Waals surface area (Å²) in [6.07, 6.45) is 0. The third kappa shape index (κ3) is 4.84. The molecular weight excluding hydrogens is 302 g/mol. The number of carbonyl (C=O) groups excluding carboxylic acids is 1. The van der Waals surface area contributed by atoms with Crippen molar-refractivity contribution in [2.24, 2.45) is 5.10 Å². The molecule has 0 saturated heterocycles. The number of hydrogen-bond donors (Lipinski definition) is 2. The van der Waals surface area contributed by atoms with Gasteiger partial charge in [-0.2, -0.15) is 5.10 Å². The van der Waals surface area contributed by atoms with Gasteiger partial charge in [-0.25, -0.2) is 5.43 Å². The minimum absolute atomic E-state index is 0.149. The van der Waals surface area contributed by atoms with E-state index in [0.717, 1.165) is 22.7 Å². The summed E-state index contributed by atoms with van der Waals surface area (Å²) in [5.41, 5.74) is 7.63. The van der Waals surface area contributed by atoms with E-state index >= 15 is 0 Å². The van der Waals surface area contributed by atoms with Crippen LogP contribution in [0.25, 0.3) is 0 Å². The van der Waals surface area contributed by atoms with E-state index in [1.807, 2.05) is 37.3 Å². The van der Waals surface area contributed by atoms with Gasteiger partial charge >= 0.3 is 0 Å². The van der Waals surface area contributed by atoms with E-state index in [0.29, 0.717) is 0 Å². The number of amides is 1. The number of nitrogens with one attached hydrogen (secondary N) is 2. The maximum absolute atomic E-state index is 11.9. The van der Waals surface area contributed by atoms with E-state index in [2.05, 4.69) is 41.8 Å². The second-order valence-electron chi connectivity index (χ2n) is 5.61. The van der Waals surface area contributed by atoms with Crippen molar-refractivity contribution in [3.05, 3.63) is 59.2 Å². The van der Waals surface area contributed by atoms with Crippen LogP contribution in [-0.2, 0) is 4.79 Å². The maximum Gasteiger partial charge on any atom is 0.259 e. The first-order valence-electron chi connectivity index (χ1n) is 7.78. The zero-order chi connectivity index (χ0) is 17.5. The van der Waals surface area contributed by atoms with Gasteiger partial charge in [-0.05, 0) is 67.8 Å². The van der Waals surface area contributed by atoms with Gasteiger partial charge in [0.25, 0.3) is 5.91 Å². The van der Waals surface area contributed by atoms with Gasteiger partial charge in [0.15, 0.2) is 0 Å². The first kappa shape index (κ1) is 17.5. The number of carbonyl (C=O) groups is 1. The molecule has 2 rings (SSSR count). The Morgan fingerprint density at radius 3 is 2.42 bits per heavy atom. The Hall–Kier alpha value is -2.82. The lowest BCUT2D eigenvalue weighted by Crippen LogP contribution is -2.26. The topological polar surface area (TPSA) is 62.7 Å². The highest BCUT2D eigenvalue weighted by Crippen LogP contribution is 2.14. The van der Waals surface area contributed by atoms with E-state index in [1.165, 1.54) is 11.1 Å². The molecule has 0 aliphatic carbocycles. The normalized spacial score (nSPS) is 11.1. The molecule has 0 atom stereocenters. The Morgan fingerprint density at radius 2 is 1.79 bits per heavy atom. The van der Waals surface area contributed by atoms with Crippen molar-refractivity contribution in [3.8, 4) is 5.75 Å². The van der Waals surface area contributed by atoms with Gasteiger partial charge in [0, 0.05) is 5.69 Å². The van der Waals surface area contributed by atoms with E-state index in [-0.39, 0.29) is 12.5 Å². The predicted octanol–water partition coefficient (Wildman–Crippen LogP) is 3.26. The van der Waals surface area contributed by atoms with E-state index < -0.39 is 0 Å². The highest BCUT2D eigenvalue weighted by atomic mass is 16.5. The molecule has 0 aliphatic rings. The number of hydrazone groups is 1. The lowest BCUT2D eigenvalue weighted by Gasteiger charge is -2.08. The van der Waals surface area contributed by atoms with E-state index in [4.69, 9.17) is 4.74 Å². The van der Waals surface area contributed by atoms with Gasteiger partial charge in [-0.15, -0.1) is 0 Å². The Labute approximate surface area is 142 Å². The number of hydrogen-bond acceptors (Lipinski definition) is 4. The van der Waals surface area contributed by atoms with Crippen LogP contribution in [0.15, 0.2) is 47.6 Å². The lowest BCUT2D eigenvalue weighted by atomic mass is 10.0. The fraction of sp³-hybridized carbons (Fsp3) is 0.263. The summed E-state index contributed by atoms with van der Waals surface area (Å²) in [5, 5.41) is 7.20. The molecule has 0 fully saturated rings. The molecule has 24 heavy (non-hydrogen) atoms. The van der Waals surface area contributed by atoms with Crippen LogP contribution >= 0.6 is 0 Å². The molecule has 126 valence electrons. The molecule has 0 unspecified atom stereocenters. The Balaban J connectivity index is 1.87. The maximum atomic E-state index is 11.9. The van der Waals surface area contributed by atoms with Crippen LogP contribution in [0.4, 0.5) is 5.69 Å². The van der Waals surface area contributed by atoms with Crippen LogP contribution in [0, 0.1) is 13.8 Å². The molecule has 1 amide bonds. The summed E-state index contributed by atoms with van der Waals surface area (Å²) in [4.78, 5) is 11.9. The number of anilines is 1. The summed E-state index contributed by atoms with van der Waals surface area (Å²) >= 11 is 0. The van der Waals surface area contributed by atoms with Gasteiger partial charge in [0.2, 0.25) is 0 Å². The van der Waals surface area contributed by atoms with E-state index in [1.54, 1.807) is 7.11 Å².